The highest BCUT2D eigenvalue weighted by Crippen LogP contribution is 2.30. The summed E-state index contributed by atoms with van der Waals surface area (Å²) in [5.41, 5.74) is 6.00. The number of benzene rings is 2. The highest BCUT2D eigenvalue weighted by Gasteiger charge is 2.31. The van der Waals surface area contributed by atoms with Crippen molar-refractivity contribution < 1.29 is 15.1 Å². The van der Waals surface area contributed by atoms with Crippen molar-refractivity contribution in [3.05, 3.63) is 65.4 Å². The summed E-state index contributed by atoms with van der Waals surface area (Å²) >= 11 is 0. The molecule has 2 unspecified atom stereocenters. The molecule has 1 aliphatic carbocycles. The second kappa shape index (κ2) is 7.77. The molecule has 0 bridgehead atoms. The number of carbonyl (C=O) groups excluding carboxylic acids is 1. The summed E-state index contributed by atoms with van der Waals surface area (Å²) in [5, 5.41) is 22.9. The average molecular weight is 375 g/mol. The Morgan fingerprint density at radius 3 is 2.68 bits per heavy atom. The Morgan fingerprint density at radius 2 is 1.96 bits per heavy atom. The molecule has 28 heavy (non-hydrogen) atoms. The highest BCUT2D eigenvalue weighted by molar-refractivity contribution is 5.85. The molecule has 142 valence electrons. The van der Waals surface area contributed by atoms with Crippen molar-refractivity contribution in [2.45, 2.75) is 18.9 Å². The van der Waals surface area contributed by atoms with Gasteiger partial charge in [0.1, 0.15) is 11.7 Å². The predicted octanol–water partition coefficient (Wildman–Crippen LogP) is 2.43. The van der Waals surface area contributed by atoms with Crippen molar-refractivity contribution in [3.63, 3.8) is 0 Å². The van der Waals surface area contributed by atoms with E-state index in [2.05, 4.69) is 22.1 Å². The first-order valence-corrected chi connectivity index (χ1v) is 9.19. The molecule has 1 aromatic heterocycles. The summed E-state index contributed by atoms with van der Waals surface area (Å²) in [6, 6.07) is 13.4. The maximum atomic E-state index is 11.5. The van der Waals surface area contributed by atoms with Crippen LogP contribution in [0.5, 0.6) is 5.75 Å². The normalized spacial score (nSPS) is 17.6. The number of H-pyrrole nitrogens is 1. The minimum atomic E-state index is -0.482. The molecule has 2 aromatic carbocycles. The number of fused-ring (bicyclic) bond motifs is 1. The van der Waals surface area contributed by atoms with E-state index in [1.807, 2.05) is 36.5 Å². The number of nitrogens with one attached hydrogen (secondary N) is 3. The monoisotopic (exact) mass is 375 g/mol. The van der Waals surface area contributed by atoms with Gasteiger partial charge in [0.25, 0.3) is 5.91 Å². The molecule has 3 aromatic rings. The summed E-state index contributed by atoms with van der Waals surface area (Å²) in [5.74, 6) is 4.93. The van der Waals surface area contributed by atoms with Crippen molar-refractivity contribution in [2.75, 3.05) is 6.54 Å². The van der Waals surface area contributed by atoms with Crippen LogP contribution in [-0.4, -0.2) is 27.7 Å². The fraction of sp³-hybridized carbons (Fsp3) is 0.227. The van der Waals surface area contributed by atoms with E-state index in [1.54, 1.807) is 17.6 Å². The molecule has 1 amide bonds. The zero-order valence-corrected chi connectivity index (χ0v) is 15.2. The lowest BCUT2D eigenvalue weighted by Crippen LogP contribution is -2.34. The van der Waals surface area contributed by atoms with E-state index in [9.17, 15) is 9.90 Å². The lowest BCUT2D eigenvalue weighted by molar-refractivity contribution is -0.132. The van der Waals surface area contributed by atoms with Gasteiger partial charge in [0.05, 0.1) is 5.92 Å². The molecule has 2 atom stereocenters. The van der Waals surface area contributed by atoms with E-state index < -0.39 is 11.8 Å². The smallest absolute Gasteiger partial charge is 0.260 e. The van der Waals surface area contributed by atoms with Gasteiger partial charge in [-0.3, -0.25) is 10.0 Å². The Bertz CT molecular complexity index is 1060. The number of aromatic nitrogens is 1. The zero-order chi connectivity index (χ0) is 19.5. The van der Waals surface area contributed by atoms with Crippen molar-refractivity contribution >= 4 is 16.8 Å². The fourth-order valence-corrected chi connectivity index (χ4v) is 3.48. The zero-order valence-electron chi connectivity index (χ0n) is 15.2. The maximum Gasteiger partial charge on any atom is 0.260 e. The van der Waals surface area contributed by atoms with Gasteiger partial charge >= 0.3 is 0 Å². The Balaban J connectivity index is 1.29. The van der Waals surface area contributed by atoms with Gasteiger partial charge in [0, 0.05) is 23.6 Å². The van der Waals surface area contributed by atoms with Gasteiger partial charge in [0.2, 0.25) is 0 Å². The molecular weight excluding hydrogens is 354 g/mol. The van der Waals surface area contributed by atoms with Crippen LogP contribution < -0.4 is 10.8 Å². The van der Waals surface area contributed by atoms with E-state index in [1.165, 1.54) is 5.56 Å². The maximum absolute atomic E-state index is 11.5. The topological polar surface area (TPSA) is 97.4 Å². The minimum Gasteiger partial charge on any atom is -0.508 e. The third kappa shape index (κ3) is 3.58. The number of hydroxylamine groups is 1. The predicted molar refractivity (Wildman–Crippen MR) is 106 cm³/mol. The minimum absolute atomic E-state index is 0.160. The van der Waals surface area contributed by atoms with E-state index in [0.717, 1.165) is 41.5 Å². The third-order valence-corrected chi connectivity index (χ3v) is 5.11. The van der Waals surface area contributed by atoms with Crippen LogP contribution in [0.3, 0.4) is 0 Å². The number of rotatable bonds is 7. The van der Waals surface area contributed by atoms with E-state index in [0.29, 0.717) is 0 Å². The number of phenols is 1. The van der Waals surface area contributed by atoms with E-state index >= 15 is 0 Å². The molecule has 0 saturated heterocycles. The molecular formula is C22H21N3O3. The number of phenolic OH excluding ortho intramolecular Hbond substituents is 1. The molecule has 4 rings (SSSR count). The van der Waals surface area contributed by atoms with Gasteiger partial charge in [-0.15, -0.1) is 0 Å². The van der Waals surface area contributed by atoms with Crippen LogP contribution in [0.1, 0.15) is 22.6 Å². The average Bonchev–Trinajstić information content (AvgIpc) is 3.07. The molecule has 0 aliphatic heterocycles. The Hall–Kier alpha value is -3.27. The summed E-state index contributed by atoms with van der Waals surface area (Å²) in [7, 11) is 0. The van der Waals surface area contributed by atoms with Crippen molar-refractivity contribution in [1.82, 2.24) is 15.8 Å². The van der Waals surface area contributed by atoms with Crippen LogP contribution in [0, 0.1) is 17.8 Å². The van der Waals surface area contributed by atoms with Crippen molar-refractivity contribution in [1.29, 1.82) is 0 Å². The molecule has 0 fully saturated rings. The van der Waals surface area contributed by atoms with E-state index in [-0.39, 0.29) is 11.7 Å². The summed E-state index contributed by atoms with van der Waals surface area (Å²) in [6.45, 7) is 1.56. The molecule has 0 spiro atoms. The van der Waals surface area contributed by atoms with Crippen LogP contribution in [0.4, 0.5) is 0 Å². The third-order valence-electron chi connectivity index (χ3n) is 5.11. The van der Waals surface area contributed by atoms with Crippen LogP contribution in [0.15, 0.2) is 48.7 Å². The Morgan fingerprint density at radius 1 is 1.14 bits per heavy atom. The fourth-order valence-electron chi connectivity index (χ4n) is 3.48. The Kier molecular flexibility index (Phi) is 5.02. The number of hydrogen-bond donors (Lipinski definition) is 5. The van der Waals surface area contributed by atoms with Gasteiger partial charge in [-0.25, -0.2) is 5.48 Å². The van der Waals surface area contributed by atoms with E-state index in [4.69, 9.17) is 5.21 Å². The summed E-state index contributed by atoms with van der Waals surface area (Å²) in [4.78, 5) is 14.8. The van der Waals surface area contributed by atoms with Crippen LogP contribution in [0.25, 0.3) is 10.9 Å². The molecule has 5 N–H and O–H groups in total. The molecule has 0 saturated carbocycles. The summed E-state index contributed by atoms with van der Waals surface area (Å²) in [6.07, 6.45) is 2.84. The largest absolute Gasteiger partial charge is 0.508 e. The lowest BCUT2D eigenvalue weighted by Gasteiger charge is -2.23. The van der Waals surface area contributed by atoms with Gasteiger partial charge in [0.15, 0.2) is 0 Å². The molecule has 0 radical (unpaired) electrons. The van der Waals surface area contributed by atoms with Crippen molar-refractivity contribution in [3.8, 4) is 17.6 Å². The molecule has 6 nitrogen and oxygen atoms in total. The standard InChI is InChI=1S/C22H21N3O3/c26-17-5-8-21-20(11-17)16(13-24-21)9-10-23-12-14-1-3-15(4-2-14)18-6-7-19(18)22(27)25-28/h1-5,8,11,13,18-19,23-24,26,28H,9-10,12H2,(H,25,27). The Labute approximate surface area is 162 Å². The lowest BCUT2D eigenvalue weighted by atomic mass is 9.79. The SMILES string of the molecule is O=C(NO)C1C#CC1c1ccc(CNCCc2c[nH]c3ccc(O)cc23)cc1. The molecule has 1 heterocycles. The van der Waals surface area contributed by atoms with Crippen LogP contribution >= 0.6 is 0 Å². The number of amides is 1. The first-order valence-electron chi connectivity index (χ1n) is 9.19. The quantitative estimate of drug-likeness (QED) is 0.190. The number of aromatic hydroxyl groups is 1. The second-order valence-corrected chi connectivity index (χ2v) is 6.93. The second-order valence-electron chi connectivity index (χ2n) is 6.93. The first kappa shape index (κ1) is 18.1. The number of hydrogen-bond acceptors (Lipinski definition) is 4. The molecule has 1 aliphatic rings. The van der Waals surface area contributed by atoms with Crippen LogP contribution in [-0.2, 0) is 17.8 Å². The highest BCUT2D eigenvalue weighted by atomic mass is 16.5. The first-order chi connectivity index (χ1) is 13.7. The summed E-state index contributed by atoms with van der Waals surface area (Å²) < 4.78 is 0. The number of carbonyl (C=O) groups is 1. The van der Waals surface area contributed by atoms with Crippen molar-refractivity contribution in [2.24, 2.45) is 5.92 Å². The van der Waals surface area contributed by atoms with Gasteiger partial charge < -0.3 is 15.4 Å². The molecule has 6 heteroatoms. The van der Waals surface area contributed by atoms with Gasteiger partial charge in [-0.2, -0.15) is 0 Å². The van der Waals surface area contributed by atoms with Gasteiger partial charge in [-0.1, -0.05) is 36.1 Å². The van der Waals surface area contributed by atoms with Gasteiger partial charge in [-0.05, 0) is 47.9 Å². The number of aromatic amines is 1. The van der Waals surface area contributed by atoms with Crippen LogP contribution in [0.2, 0.25) is 0 Å².